The minimum Gasteiger partial charge on any atom is -0.355 e. The first-order valence-corrected chi connectivity index (χ1v) is 8.35. The highest BCUT2D eigenvalue weighted by Gasteiger charge is 2.18. The Morgan fingerprint density at radius 2 is 2.26 bits per heavy atom. The first-order chi connectivity index (χ1) is 9.22. The number of rotatable bonds is 5. The molecule has 0 aliphatic carbocycles. The highest BCUT2D eigenvalue weighted by atomic mass is 32.2. The molecule has 1 fully saturated rings. The molecule has 1 unspecified atom stereocenters. The van der Waals surface area contributed by atoms with Crippen LogP contribution in [0.4, 0.5) is 5.82 Å². The van der Waals surface area contributed by atoms with Crippen molar-refractivity contribution in [3.05, 3.63) is 23.4 Å². The van der Waals surface area contributed by atoms with Crippen LogP contribution in [0.3, 0.4) is 0 Å². The van der Waals surface area contributed by atoms with Crippen molar-refractivity contribution in [3.63, 3.8) is 0 Å². The second-order valence-corrected chi connectivity index (χ2v) is 6.63. The first kappa shape index (κ1) is 14.7. The molecule has 19 heavy (non-hydrogen) atoms. The number of aryl methyl sites for hydroxylation is 1. The molecule has 2 heterocycles. The van der Waals surface area contributed by atoms with E-state index >= 15 is 0 Å². The van der Waals surface area contributed by atoms with E-state index in [0.29, 0.717) is 5.25 Å². The zero-order valence-electron chi connectivity index (χ0n) is 12.3. The Bertz CT molecular complexity index is 408. The lowest BCUT2D eigenvalue weighted by atomic mass is 10.2. The average molecular weight is 279 g/mol. The molecule has 0 amide bonds. The summed E-state index contributed by atoms with van der Waals surface area (Å²) in [7, 11) is 0. The van der Waals surface area contributed by atoms with E-state index in [0.717, 1.165) is 32.6 Å². The average Bonchev–Trinajstić information content (AvgIpc) is 2.44. The summed E-state index contributed by atoms with van der Waals surface area (Å²) in [6.45, 7) is 10.8. The highest BCUT2D eigenvalue weighted by Crippen LogP contribution is 2.23. The Balaban J connectivity index is 2.17. The third-order valence-corrected chi connectivity index (χ3v) is 4.57. The van der Waals surface area contributed by atoms with Gasteiger partial charge in [0.1, 0.15) is 5.82 Å². The number of aromatic nitrogens is 1. The number of nitrogens with one attached hydrogen (secondary N) is 1. The van der Waals surface area contributed by atoms with E-state index in [9.17, 15) is 0 Å². The molecular formula is C15H25N3S. The Morgan fingerprint density at radius 3 is 2.95 bits per heavy atom. The van der Waals surface area contributed by atoms with Gasteiger partial charge in [-0.25, -0.2) is 4.98 Å². The van der Waals surface area contributed by atoms with Gasteiger partial charge in [-0.2, -0.15) is 11.8 Å². The van der Waals surface area contributed by atoms with Crippen molar-refractivity contribution in [1.82, 2.24) is 10.3 Å². The predicted octanol–water partition coefficient (Wildman–Crippen LogP) is 2.70. The molecule has 0 saturated carbocycles. The van der Waals surface area contributed by atoms with Gasteiger partial charge in [0.05, 0.1) is 0 Å². The molecule has 4 heteroatoms. The number of nitrogens with zero attached hydrogens (tertiary/aromatic N) is 2. The molecule has 1 atom stereocenters. The van der Waals surface area contributed by atoms with Gasteiger partial charge >= 0.3 is 0 Å². The van der Waals surface area contributed by atoms with E-state index in [2.05, 4.69) is 54.9 Å². The molecule has 1 aliphatic heterocycles. The van der Waals surface area contributed by atoms with Crippen LogP contribution in [-0.4, -0.2) is 35.6 Å². The molecule has 1 N–H and O–H groups in total. The van der Waals surface area contributed by atoms with E-state index < -0.39 is 0 Å². The van der Waals surface area contributed by atoms with Gasteiger partial charge < -0.3 is 10.2 Å². The molecule has 0 spiro atoms. The van der Waals surface area contributed by atoms with Crippen molar-refractivity contribution in [2.24, 2.45) is 0 Å². The Morgan fingerprint density at radius 1 is 1.42 bits per heavy atom. The molecule has 106 valence electrons. The second-order valence-electron chi connectivity index (χ2n) is 5.09. The highest BCUT2D eigenvalue weighted by molar-refractivity contribution is 8.00. The number of thioether (sulfide) groups is 1. The molecule has 1 aromatic heterocycles. The van der Waals surface area contributed by atoms with Crippen LogP contribution in [-0.2, 0) is 13.0 Å². The largest absolute Gasteiger partial charge is 0.355 e. The van der Waals surface area contributed by atoms with Crippen LogP contribution in [0, 0.1) is 0 Å². The van der Waals surface area contributed by atoms with Gasteiger partial charge in [-0.15, -0.1) is 0 Å². The van der Waals surface area contributed by atoms with Crippen molar-refractivity contribution >= 4 is 17.6 Å². The van der Waals surface area contributed by atoms with Gasteiger partial charge in [-0.3, -0.25) is 0 Å². The van der Waals surface area contributed by atoms with Gasteiger partial charge in [-0.1, -0.05) is 20.8 Å². The first-order valence-electron chi connectivity index (χ1n) is 7.30. The summed E-state index contributed by atoms with van der Waals surface area (Å²) in [6, 6.07) is 4.48. The maximum atomic E-state index is 4.81. The lowest BCUT2D eigenvalue weighted by Crippen LogP contribution is -2.37. The molecule has 3 nitrogen and oxygen atoms in total. The van der Waals surface area contributed by atoms with Crippen LogP contribution in [0.5, 0.6) is 0 Å². The minimum atomic E-state index is 0.707. The number of pyridine rings is 1. The van der Waals surface area contributed by atoms with E-state index in [1.54, 1.807) is 0 Å². The van der Waals surface area contributed by atoms with Crippen LogP contribution in [0.2, 0.25) is 0 Å². The van der Waals surface area contributed by atoms with Crippen molar-refractivity contribution in [3.8, 4) is 0 Å². The van der Waals surface area contributed by atoms with Crippen LogP contribution in [0.25, 0.3) is 0 Å². The van der Waals surface area contributed by atoms with Crippen molar-refractivity contribution in [1.29, 1.82) is 0 Å². The summed E-state index contributed by atoms with van der Waals surface area (Å²) in [5, 5.41) is 4.11. The lowest BCUT2D eigenvalue weighted by Gasteiger charge is -2.32. The topological polar surface area (TPSA) is 28.2 Å². The summed E-state index contributed by atoms with van der Waals surface area (Å²) >= 11 is 2.06. The standard InChI is InChI=1S/C15H25N3S/c1-4-14-8-13(10-16-5-2)9-15(17-14)18-6-7-19-12(3)11-18/h8-9,12,16H,4-7,10-11H2,1-3H3. The molecule has 0 radical (unpaired) electrons. The maximum absolute atomic E-state index is 4.81. The van der Waals surface area contributed by atoms with Gasteiger partial charge in [0.2, 0.25) is 0 Å². The number of hydrogen-bond acceptors (Lipinski definition) is 4. The normalized spacial score (nSPS) is 19.7. The molecule has 1 aliphatic rings. The molecular weight excluding hydrogens is 254 g/mol. The smallest absolute Gasteiger partial charge is 0.129 e. The van der Waals surface area contributed by atoms with Crippen molar-refractivity contribution < 1.29 is 0 Å². The van der Waals surface area contributed by atoms with E-state index in [4.69, 9.17) is 4.98 Å². The van der Waals surface area contributed by atoms with Crippen LogP contribution in [0.15, 0.2) is 12.1 Å². The van der Waals surface area contributed by atoms with E-state index in [1.807, 2.05) is 0 Å². The lowest BCUT2D eigenvalue weighted by molar-refractivity contribution is 0.719. The monoisotopic (exact) mass is 279 g/mol. The number of hydrogen-bond donors (Lipinski definition) is 1. The third-order valence-electron chi connectivity index (χ3n) is 3.43. The number of anilines is 1. The summed E-state index contributed by atoms with van der Waals surface area (Å²) in [5.41, 5.74) is 2.56. The quantitative estimate of drug-likeness (QED) is 0.897. The van der Waals surface area contributed by atoms with Gasteiger partial charge in [-0.05, 0) is 30.7 Å². The second kappa shape index (κ2) is 7.15. The summed E-state index contributed by atoms with van der Waals surface area (Å²) in [5.74, 6) is 2.38. The predicted molar refractivity (Wildman–Crippen MR) is 85.1 cm³/mol. The summed E-state index contributed by atoms with van der Waals surface area (Å²) in [6.07, 6.45) is 1.01. The zero-order valence-corrected chi connectivity index (χ0v) is 13.1. The van der Waals surface area contributed by atoms with Gasteiger partial charge in [0.25, 0.3) is 0 Å². The van der Waals surface area contributed by atoms with E-state index in [1.165, 1.54) is 22.8 Å². The fourth-order valence-electron chi connectivity index (χ4n) is 2.37. The van der Waals surface area contributed by atoms with Crippen molar-refractivity contribution in [2.75, 3.05) is 30.3 Å². The zero-order chi connectivity index (χ0) is 13.7. The minimum absolute atomic E-state index is 0.707. The van der Waals surface area contributed by atoms with E-state index in [-0.39, 0.29) is 0 Å². The van der Waals surface area contributed by atoms with Crippen LogP contribution >= 0.6 is 11.8 Å². The molecule has 0 aromatic carbocycles. The van der Waals surface area contributed by atoms with Gasteiger partial charge in [0.15, 0.2) is 0 Å². The van der Waals surface area contributed by atoms with Gasteiger partial charge in [0, 0.05) is 36.3 Å². The summed E-state index contributed by atoms with van der Waals surface area (Å²) in [4.78, 5) is 7.25. The fraction of sp³-hybridized carbons (Fsp3) is 0.667. The maximum Gasteiger partial charge on any atom is 0.129 e. The fourth-order valence-corrected chi connectivity index (χ4v) is 3.39. The Hall–Kier alpha value is -0.740. The summed E-state index contributed by atoms with van der Waals surface area (Å²) < 4.78 is 0. The Kier molecular flexibility index (Phi) is 5.52. The third kappa shape index (κ3) is 4.11. The van der Waals surface area contributed by atoms with Crippen LogP contribution < -0.4 is 10.2 Å². The molecule has 0 bridgehead atoms. The van der Waals surface area contributed by atoms with Crippen molar-refractivity contribution in [2.45, 2.75) is 39.0 Å². The molecule has 2 rings (SSSR count). The van der Waals surface area contributed by atoms with Crippen LogP contribution in [0.1, 0.15) is 32.0 Å². The molecule has 1 aromatic rings. The SMILES string of the molecule is CCNCc1cc(CC)nc(N2CCSC(C)C2)c1. The molecule has 1 saturated heterocycles. The Labute approximate surface area is 121 Å².